The summed E-state index contributed by atoms with van der Waals surface area (Å²) >= 11 is 0. The zero-order valence-corrected chi connectivity index (χ0v) is 11.7. The van der Waals surface area contributed by atoms with Crippen LogP contribution in [0.25, 0.3) is 11.0 Å². The molecule has 0 saturated carbocycles. The molecule has 0 radical (unpaired) electrons. The highest BCUT2D eigenvalue weighted by Crippen LogP contribution is 2.23. The molecule has 1 fully saturated rings. The van der Waals surface area contributed by atoms with E-state index < -0.39 is 0 Å². The summed E-state index contributed by atoms with van der Waals surface area (Å²) in [6.45, 7) is 3.71. The minimum absolute atomic E-state index is 0.319. The predicted octanol–water partition coefficient (Wildman–Crippen LogP) is 2.20. The topological polar surface area (TPSA) is 60.3 Å². The Bertz CT molecular complexity index is 629. The van der Waals surface area contributed by atoms with Gasteiger partial charge in [0.25, 0.3) is 5.88 Å². The normalized spacial score (nSPS) is 16.6. The fourth-order valence-corrected chi connectivity index (χ4v) is 2.47. The number of carbonyl (C=O) groups excluding carboxylic acids is 1. The largest absolute Gasteiger partial charge is 0.416 e. The highest BCUT2D eigenvalue weighted by atomic mass is 16.6. The number of likely N-dealkylation sites (tertiary alicyclic amines) is 1. The van der Waals surface area contributed by atoms with Crippen LogP contribution in [0.15, 0.2) is 18.3 Å². The molecule has 6 heteroatoms. The summed E-state index contributed by atoms with van der Waals surface area (Å²) < 4.78 is 7.06. The molecule has 0 N–H and O–H groups in total. The van der Waals surface area contributed by atoms with Crippen LogP contribution in [0.2, 0.25) is 0 Å². The van der Waals surface area contributed by atoms with Gasteiger partial charge in [-0.2, -0.15) is 0 Å². The number of aromatic nitrogens is 3. The molecule has 1 amide bonds. The average molecular weight is 274 g/mol. The molecule has 0 bridgehead atoms. The van der Waals surface area contributed by atoms with E-state index in [0.29, 0.717) is 17.4 Å². The van der Waals surface area contributed by atoms with Gasteiger partial charge in [-0.25, -0.2) is 14.5 Å². The van der Waals surface area contributed by atoms with E-state index in [4.69, 9.17) is 4.74 Å². The van der Waals surface area contributed by atoms with E-state index in [-0.39, 0.29) is 6.09 Å². The van der Waals surface area contributed by atoms with Crippen molar-refractivity contribution in [1.82, 2.24) is 19.7 Å². The van der Waals surface area contributed by atoms with Gasteiger partial charge < -0.3 is 9.64 Å². The Balaban J connectivity index is 1.78. The lowest BCUT2D eigenvalue weighted by atomic mass is 10.00. The summed E-state index contributed by atoms with van der Waals surface area (Å²) in [5.74, 6) is 1.01. The van der Waals surface area contributed by atoms with Gasteiger partial charge in [0.05, 0.1) is 5.39 Å². The van der Waals surface area contributed by atoms with Gasteiger partial charge in [-0.1, -0.05) is 6.92 Å². The molecule has 0 aliphatic carbocycles. The van der Waals surface area contributed by atoms with Crippen molar-refractivity contribution in [2.24, 2.45) is 13.0 Å². The maximum Gasteiger partial charge on any atom is 0.416 e. The maximum atomic E-state index is 12.2. The van der Waals surface area contributed by atoms with Gasteiger partial charge >= 0.3 is 6.09 Å². The van der Waals surface area contributed by atoms with Crippen molar-refractivity contribution in [1.29, 1.82) is 0 Å². The van der Waals surface area contributed by atoms with Gasteiger partial charge in [-0.05, 0) is 30.9 Å². The van der Waals surface area contributed by atoms with Gasteiger partial charge in [-0.15, -0.1) is 5.10 Å². The molecule has 1 aliphatic heterocycles. The van der Waals surface area contributed by atoms with Gasteiger partial charge in [0.15, 0.2) is 5.65 Å². The lowest BCUT2D eigenvalue weighted by Gasteiger charge is -2.28. The lowest BCUT2D eigenvalue weighted by Crippen LogP contribution is -2.39. The maximum absolute atomic E-state index is 12.2. The van der Waals surface area contributed by atoms with E-state index in [1.165, 1.54) is 0 Å². The number of piperidine rings is 1. The third-order valence-electron chi connectivity index (χ3n) is 3.79. The molecule has 20 heavy (non-hydrogen) atoms. The number of ether oxygens (including phenoxy) is 1. The van der Waals surface area contributed by atoms with Crippen LogP contribution in [0.4, 0.5) is 4.79 Å². The van der Waals surface area contributed by atoms with Crippen molar-refractivity contribution in [3.8, 4) is 5.88 Å². The summed E-state index contributed by atoms with van der Waals surface area (Å²) in [4.78, 5) is 18.1. The van der Waals surface area contributed by atoms with Crippen molar-refractivity contribution in [3.05, 3.63) is 18.3 Å². The second-order valence-corrected chi connectivity index (χ2v) is 5.34. The minimum Gasteiger partial charge on any atom is -0.389 e. The molecular formula is C14H18N4O2. The monoisotopic (exact) mass is 274 g/mol. The Kier molecular flexibility index (Phi) is 3.30. The number of nitrogens with zero attached hydrogens (tertiary/aromatic N) is 4. The van der Waals surface area contributed by atoms with E-state index in [2.05, 4.69) is 17.0 Å². The predicted molar refractivity (Wildman–Crippen MR) is 74.5 cm³/mol. The molecule has 1 saturated heterocycles. The molecule has 0 unspecified atom stereocenters. The van der Waals surface area contributed by atoms with Gasteiger partial charge in [0, 0.05) is 26.3 Å². The Morgan fingerprint density at radius 1 is 1.40 bits per heavy atom. The third-order valence-corrected chi connectivity index (χ3v) is 3.79. The van der Waals surface area contributed by atoms with Crippen molar-refractivity contribution < 1.29 is 9.53 Å². The van der Waals surface area contributed by atoms with E-state index >= 15 is 0 Å². The van der Waals surface area contributed by atoms with E-state index in [0.717, 1.165) is 31.3 Å². The van der Waals surface area contributed by atoms with E-state index in [1.807, 2.05) is 12.1 Å². The summed E-state index contributed by atoms with van der Waals surface area (Å²) in [6.07, 6.45) is 3.43. The number of fused-ring (bicyclic) bond motifs is 1. The summed E-state index contributed by atoms with van der Waals surface area (Å²) in [5.41, 5.74) is 0.711. The first-order valence-electron chi connectivity index (χ1n) is 6.89. The van der Waals surface area contributed by atoms with E-state index in [1.54, 1.807) is 22.8 Å². The number of pyridine rings is 1. The van der Waals surface area contributed by atoms with Gasteiger partial charge in [0.2, 0.25) is 0 Å². The number of carbonyl (C=O) groups is 1. The molecule has 106 valence electrons. The highest BCUT2D eigenvalue weighted by molar-refractivity contribution is 5.84. The lowest BCUT2D eigenvalue weighted by molar-refractivity contribution is 0.132. The van der Waals surface area contributed by atoms with Crippen LogP contribution in [-0.4, -0.2) is 38.8 Å². The highest BCUT2D eigenvalue weighted by Gasteiger charge is 2.23. The van der Waals surface area contributed by atoms with Crippen LogP contribution in [0, 0.1) is 5.92 Å². The molecule has 3 rings (SSSR count). The molecule has 3 heterocycles. The molecule has 0 spiro atoms. The van der Waals surface area contributed by atoms with Crippen LogP contribution in [0.3, 0.4) is 0 Å². The minimum atomic E-state index is -0.319. The summed E-state index contributed by atoms with van der Waals surface area (Å²) in [7, 11) is 1.79. The Labute approximate surface area is 117 Å². The Hall–Kier alpha value is -2.11. The van der Waals surface area contributed by atoms with Gasteiger partial charge in [-0.3, -0.25) is 0 Å². The molecule has 6 nitrogen and oxygen atoms in total. The van der Waals surface area contributed by atoms with Crippen LogP contribution in [0.5, 0.6) is 5.88 Å². The van der Waals surface area contributed by atoms with Crippen molar-refractivity contribution in [2.45, 2.75) is 19.8 Å². The zero-order chi connectivity index (χ0) is 14.1. The van der Waals surface area contributed by atoms with E-state index in [9.17, 15) is 4.79 Å². The number of amides is 1. The fourth-order valence-electron chi connectivity index (χ4n) is 2.47. The molecule has 2 aromatic rings. The van der Waals surface area contributed by atoms with Gasteiger partial charge in [0.1, 0.15) is 0 Å². The fraction of sp³-hybridized carbons (Fsp3) is 0.500. The molecular weight excluding hydrogens is 256 g/mol. The van der Waals surface area contributed by atoms with Crippen molar-refractivity contribution in [3.63, 3.8) is 0 Å². The zero-order valence-electron chi connectivity index (χ0n) is 11.7. The van der Waals surface area contributed by atoms with Crippen LogP contribution in [-0.2, 0) is 7.05 Å². The van der Waals surface area contributed by atoms with Crippen molar-refractivity contribution >= 4 is 17.1 Å². The summed E-state index contributed by atoms with van der Waals surface area (Å²) in [5, 5.41) is 4.98. The molecule has 0 atom stereocenters. The second kappa shape index (κ2) is 5.11. The standard InChI is InChI=1S/C14H18N4O2/c1-10-5-8-18(9-6-10)14(19)20-13-11-4-3-7-15-12(11)17(2)16-13/h3-4,7,10H,5-6,8-9H2,1-2H3. The number of hydrogen-bond donors (Lipinski definition) is 0. The third kappa shape index (κ3) is 2.33. The van der Waals surface area contributed by atoms with Crippen LogP contribution in [0.1, 0.15) is 19.8 Å². The SMILES string of the molecule is CC1CCN(C(=O)Oc2nn(C)c3ncccc23)CC1. The number of aryl methyl sites for hydroxylation is 1. The Morgan fingerprint density at radius 3 is 2.90 bits per heavy atom. The second-order valence-electron chi connectivity index (χ2n) is 5.34. The van der Waals surface area contributed by atoms with Crippen LogP contribution >= 0.6 is 0 Å². The molecule has 2 aromatic heterocycles. The smallest absolute Gasteiger partial charge is 0.389 e. The quantitative estimate of drug-likeness (QED) is 0.800. The first kappa shape index (κ1) is 12.9. The average Bonchev–Trinajstić information content (AvgIpc) is 2.77. The first-order chi connectivity index (χ1) is 9.65. The number of hydrogen-bond acceptors (Lipinski definition) is 4. The molecule has 0 aromatic carbocycles. The summed E-state index contributed by atoms with van der Waals surface area (Å²) in [6, 6.07) is 3.67. The van der Waals surface area contributed by atoms with Crippen molar-refractivity contribution in [2.75, 3.05) is 13.1 Å². The van der Waals surface area contributed by atoms with Crippen LogP contribution < -0.4 is 4.74 Å². The molecule has 1 aliphatic rings. The first-order valence-corrected chi connectivity index (χ1v) is 6.89. The number of rotatable bonds is 1. The Morgan fingerprint density at radius 2 is 2.15 bits per heavy atom.